The maximum Gasteiger partial charge on any atom is 0.253 e. The Kier molecular flexibility index (Phi) is 6.17. The minimum absolute atomic E-state index is 0. The summed E-state index contributed by atoms with van der Waals surface area (Å²) in [5.41, 5.74) is 3.97. The third-order valence-electron chi connectivity index (χ3n) is 6.79. The van der Waals surface area contributed by atoms with E-state index in [2.05, 4.69) is 29.2 Å². The quantitative estimate of drug-likeness (QED) is 0.378. The maximum atomic E-state index is 13.3. The lowest BCUT2D eigenvalue weighted by Crippen LogP contribution is -2.38. The van der Waals surface area contributed by atoms with E-state index in [-0.39, 0.29) is 13.1 Å². The average Bonchev–Trinajstić information content (AvgIpc) is 3.32. The fraction of sp³-hybridized carbons (Fsp3) is 0.241. The van der Waals surface area contributed by atoms with E-state index in [0.29, 0.717) is 28.4 Å². The number of aromatic amines is 1. The Labute approximate surface area is 200 Å². The summed E-state index contributed by atoms with van der Waals surface area (Å²) >= 11 is 0. The Bertz CT molecular complexity index is 1310. The number of carbonyl (C=O) groups is 2. The number of carbonyl (C=O) groups excluding carboxylic acids is 2. The number of hydrogen-bond donors (Lipinski definition) is 1. The molecule has 2 heterocycles. The van der Waals surface area contributed by atoms with Gasteiger partial charge in [-0.2, -0.15) is 0 Å². The van der Waals surface area contributed by atoms with Gasteiger partial charge in [-0.05, 0) is 73.2 Å². The molecule has 1 aliphatic heterocycles. The molecular formula is C29H30N2O3. The molecule has 5 nitrogen and oxygen atoms in total. The van der Waals surface area contributed by atoms with Crippen LogP contribution in [0.4, 0.5) is 0 Å². The second-order valence-electron chi connectivity index (χ2n) is 8.95. The zero-order valence-corrected chi connectivity index (χ0v) is 19.3. The van der Waals surface area contributed by atoms with Gasteiger partial charge in [0.05, 0.1) is 7.11 Å². The van der Waals surface area contributed by atoms with Crippen molar-refractivity contribution in [3.8, 4) is 5.75 Å². The van der Waals surface area contributed by atoms with Gasteiger partial charge in [0.15, 0.2) is 5.78 Å². The Hall–Kier alpha value is -3.86. The van der Waals surface area contributed by atoms with E-state index in [1.165, 1.54) is 5.56 Å². The molecule has 3 aromatic carbocycles. The zero-order valence-electron chi connectivity index (χ0n) is 19.3. The molecule has 1 saturated heterocycles. The van der Waals surface area contributed by atoms with Crippen LogP contribution in [0.3, 0.4) is 0 Å². The Morgan fingerprint density at radius 2 is 1.68 bits per heavy atom. The highest BCUT2D eigenvalue weighted by Gasteiger charge is 2.24. The van der Waals surface area contributed by atoms with Gasteiger partial charge in [0, 0.05) is 48.3 Å². The number of amides is 1. The number of nitrogens with zero attached hydrogens (tertiary/aromatic N) is 1. The molecule has 0 aliphatic carbocycles. The van der Waals surface area contributed by atoms with Gasteiger partial charge in [-0.25, -0.2) is 0 Å². The van der Waals surface area contributed by atoms with E-state index < -0.39 is 0 Å². The van der Waals surface area contributed by atoms with Crippen LogP contribution >= 0.6 is 0 Å². The van der Waals surface area contributed by atoms with Crippen LogP contribution in [0.2, 0.25) is 0 Å². The summed E-state index contributed by atoms with van der Waals surface area (Å²) in [5, 5.41) is 0.769. The summed E-state index contributed by atoms with van der Waals surface area (Å²) in [7, 11) is 1.60. The van der Waals surface area contributed by atoms with E-state index in [1.807, 2.05) is 29.2 Å². The SMILES string of the molecule is COc1ccc(C(=O)c2c[nH]c3ccc(C(=O)N4CCC(Cc5ccccc5)CC4)cc23)cc1.[HH]. The third kappa shape index (κ3) is 4.46. The predicted octanol–water partition coefficient (Wildman–Crippen LogP) is 5.75. The highest BCUT2D eigenvalue weighted by molar-refractivity contribution is 6.17. The molecule has 0 unspecified atom stereocenters. The van der Waals surface area contributed by atoms with Gasteiger partial charge in [0.25, 0.3) is 5.91 Å². The number of hydrogen-bond acceptors (Lipinski definition) is 3. The van der Waals surface area contributed by atoms with E-state index in [1.54, 1.807) is 37.6 Å². The van der Waals surface area contributed by atoms with Gasteiger partial charge >= 0.3 is 0 Å². The molecule has 1 fully saturated rings. The van der Waals surface area contributed by atoms with Gasteiger partial charge < -0.3 is 14.6 Å². The Morgan fingerprint density at radius 3 is 2.38 bits per heavy atom. The van der Waals surface area contributed by atoms with Crippen molar-refractivity contribution in [1.29, 1.82) is 0 Å². The van der Waals surface area contributed by atoms with Crippen molar-refractivity contribution in [3.05, 3.63) is 101 Å². The number of H-pyrrole nitrogens is 1. The van der Waals surface area contributed by atoms with Crippen LogP contribution in [-0.4, -0.2) is 41.8 Å². The minimum Gasteiger partial charge on any atom is -0.497 e. The Morgan fingerprint density at radius 1 is 0.971 bits per heavy atom. The van der Waals surface area contributed by atoms with Crippen LogP contribution in [0, 0.1) is 5.92 Å². The highest BCUT2D eigenvalue weighted by Crippen LogP contribution is 2.26. The van der Waals surface area contributed by atoms with Crippen molar-refractivity contribution >= 4 is 22.6 Å². The molecule has 1 aromatic heterocycles. The number of nitrogens with one attached hydrogen (secondary N) is 1. The molecule has 174 valence electrons. The lowest BCUT2D eigenvalue weighted by molar-refractivity contribution is 0.0690. The van der Waals surface area contributed by atoms with E-state index >= 15 is 0 Å². The molecule has 0 radical (unpaired) electrons. The highest BCUT2D eigenvalue weighted by atomic mass is 16.5. The first-order valence-corrected chi connectivity index (χ1v) is 11.8. The van der Waals surface area contributed by atoms with Gasteiger partial charge in [-0.1, -0.05) is 30.3 Å². The summed E-state index contributed by atoms with van der Waals surface area (Å²) in [6, 6.07) is 23.2. The first-order chi connectivity index (χ1) is 16.6. The van der Waals surface area contributed by atoms with Crippen molar-refractivity contribution in [2.45, 2.75) is 19.3 Å². The monoisotopic (exact) mass is 454 g/mol. The molecule has 0 saturated carbocycles. The summed E-state index contributed by atoms with van der Waals surface area (Å²) < 4.78 is 5.19. The molecule has 34 heavy (non-hydrogen) atoms. The standard InChI is InChI=1S/C29H28N2O3.H2/c1-34-24-10-7-22(8-11-24)28(32)26-19-30-27-12-9-23(18-25(26)27)29(33)31-15-13-21(14-16-31)17-20-5-3-2-4-6-20;/h2-12,18-19,21,30H,13-17H2,1H3;1H. The normalized spacial score (nSPS) is 14.3. The van der Waals surface area contributed by atoms with Crippen LogP contribution < -0.4 is 4.74 Å². The lowest BCUT2D eigenvalue weighted by atomic mass is 9.90. The number of piperidine rings is 1. The predicted molar refractivity (Wildman–Crippen MR) is 136 cm³/mol. The van der Waals surface area contributed by atoms with Crippen LogP contribution in [0.25, 0.3) is 10.9 Å². The number of ketones is 1. The van der Waals surface area contributed by atoms with E-state index in [9.17, 15) is 9.59 Å². The van der Waals surface area contributed by atoms with Crippen molar-refractivity contribution < 1.29 is 15.8 Å². The third-order valence-corrected chi connectivity index (χ3v) is 6.79. The first-order valence-electron chi connectivity index (χ1n) is 11.8. The second-order valence-corrected chi connectivity index (χ2v) is 8.95. The smallest absolute Gasteiger partial charge is 0.253 e. The molecule has 1 N–H and O–H groups in total. The van der Waals surface area contributed by atoms with Crippen molar-refractivity contribution in [1.82, 2.24) is 9.88 Å². The number of methoxy groups -OCH3 is 1. The topological polar surface area (TPSA) is 62.4 Å². The number of benzene rings is 3. The van der Waals surface area contributed by atoms with E-state index in [4.69, 9.17) is 4.74 Å². The van der Waals surface area contributed by atoms with Crippen molar-refractivity contribution in [2.75, 3.05) is 20.2 Å². The molecule has 1 aliphatic rings. The molecule has 4 aromatic rings. The van der Waals surface area contributed by atoms with Gasteiger partial charge in [-0.3, -0.25) is 9.59 Å². The second kappa shape index (κ2) is 9.56. The summed E-state index contributed by atoms with van der Waals surface area (Å²) in [6.45, 7) is 1.53. The van der Waals surface area contributed by atoms with Crippen LogP contribution in [0.1, 0.15) is 46.1 Å². The van der Waals surface area contributed by atoms with Crippen LogP contribution in [0.15, 0.2) is 79.0 Å². The summed E-state index contributed by atoms with van der Waals surface area (Å²) in [6.07, 6.45) is 4.80. The minimum atomic E-state index is -0.0831. The van der Waals surface area contributed by atoms with Gasteiger partial charge in [-0.15, -0.1) is 0 Å². The fourth-order valence-corrected chi connectivity index (χ4v) is 4.81. The molecular weight excluding hydrogens is 424 g/mol. The molecule has 0 atom stereocenters. The summed E-state index contributed by atoms with van der Waals surface area (Å²) in [4.78, 5) is 31.5. The molecule has 5 heteroatoms. The number of aromatic nitrogens is 1. The molecule has 5 rings (SSSR count). The Balaban J connectivity index is 0.00000289. The maximum absolute atomic E-state index is 13.3. The van der Waals surface area contributed by atoms with E-state index in [0.717, 1.165) is 43.3 Å². The zero-order chi connectivity index (χ0) is 23.5. The number of fused-ring (bicyclic) bond motifs is 1. The lowest BCUT2D eigenvalue weighted by Gasteiger charge is -2.32. The van der Waals surface area contributed by atoms with Crippen molar-refractivity contribution in [2.24, 2.45) is 5.92 Å². The fourth-order valence-electron chi connectivity index (χ4n) is 4.81. The molecule has 1 amide bonds. The summed E-state index contributed by atoms with van der Waals surface area (Å²) in [5.74, 6) is 1.26. The van der Waals surface area contributed by atoms with Crippen LogP contribution in [0.5, 0.6) is 5.75 Å². The number of rotatable bonds is 6. The van der Waals surface area contributed by atoms with Crippen molar-refractivity contribution in [3.63, 3.8) is 0 Å². The van der Waals surface area contributed by atoms with Crippen LogP contribution in [-0.2, 0) is 6.42 Å². The largest absolute Gasteiger partial charge is 0.497 e. The number of ether oxygens (including phenoxy) is 1. The molecule has 0 spiro atoms. The van der Waals surface area contributed by atoms with Gasteiger partial charge in [0.2, 0.25) is 0 Å². The average molecular weight is 455 g/mol. The first kappa shape index (κ1) is 22.0. The number of likely N-dealkylation sites (tertiary alicyclic amines) is 1. The van der Waals surface area contributed by atoms with Gasteiger partial charge in [0.1, 0.15) is 5.75 Å². The molecule has 0 bridgehead atoms.